The molecule has 0 N–H and O–H groups in total. The van der Waals surface area contributed by atoms with Gasteiger partial charge in [0.15, 0.2) is 0 Å². The Balaban J connectivity index is 2.15. The van der Waals surface area contributed by atoms with Crippen molar-refractivity contribution in [1.29, 1.82) is 0 Å². The third-order valence-electron chi connectivity index (χ3n) is 3.73. The Bertz CT molecular complexity index is 702. The fraction of sp³-hybridized carbons (Fsp3) is 0.412. The van der Waals surface area contributed by atoms with E-state index < -0.39 is 36.1 Å². The maximum Gasteiger partial charge on any atom is 0.334 e. The molecule has 1 aromatic rings. The van der Waals surface area contributed by atoms with E-state index in [0.29, 0.717) is 10.6 Å². The lowest BCUT2D eigenvalue weighted by atomic mass is 10.2. The predicted octanol–water partition coefficient (Wildman–Crippen LogP) is 1.63. The molecule has 1 saturated heterocycles. The summed E-state index contributed by atoms with van der Waals surface area (Å²) in [7, 11) is 0. The zero-order valence-corrected chi connectivity index (χ0v) is 14.4. The first kappa shape index (κ1) is 18.6. The third-order valence-corrected chi connectivity index (χ3v) is 3.73. The Morgan fingerprint density at radius 3 is 2.16 bits per heavy atom. The summed E-state index contributed by atoms with van der Waals surface area (Å²) >= 11 is 0. The minimum absolute atomic E-state index is 0.00251. The van der Waals surface area contributed by atoms with Crippen LogP contribution < -0.4 is 4.90 Å². The molecule has 1 aliphatic heterocycles. The fourth-order valence-corrected chi connectivity index (χ4v) is 2.56. The molecule has 0 aliphatic carbocycles. The van der Waals surface area contributed by atoms with Crippen molar-refractivity contribution < 1.29 is 23.6 Å². The van der Waals surface area contributed by atoms with Gasteiger partial charge in [-0.3, -0.25) is 19.3 Å². The molecular formula is C17H20FN3O4. The molecule has 1 fully saturated rings. The van der Waals surface area contributed by atoms with Gasteiger partial charge in [-0.2, -0.15) is 0 Å². The Kier molecular flexibility index (Phi) is 5.51. The van der Waals surface area contributed by atoms with Gasteiger partial charge in [0.1, 0.15) is 12.4 Å². The summed E-state index contributed by atoms with van der Waals surface area (Å²) in [5.41, 5.74) is 0.443. The minimum Gasteiger partial charge on any atom is -0.311 e. The summed E-state index contributed by atoms with van der Waals surface area (Å²) in [6.07, 6.45) is 0. The molecule has 0 radical (unpaired) electrons. The number of rotatable bonds is 6. The van der Waals surface area contributed by atoms with Crippen LogP contribution in [0.5, 0.6) is 0 Å². The number of urea groups is 1. The lowest BCUT2D eigenvalue weighted by Gasteiger charge is -2.23. The van der Waals surface area contributed by atoms with E-state index in [9.17, 15) is 23.6 Å². The van der Waals surface area contributed by atoms with Crippen LogP contribution in [-0.2, 0) is 14.4 Å². The number of likely N-dealkylation sites (N-methyl/N-ethyl adjacent to an activating group) is 1. The SMILES string of the molecule is CCN(C(=O)CN1C(=O)C(=O)N(CC(C)C)C1=O)c1ccc(F)cc1. The zero-order valence-electron chi connectivity index (χ0n) is 14.4. The number of imide groups is 2. The highest BCUT2D eigenvalue weighted by atomic mass is 19.1. The second-order valence-corrected chi connectivity index (χ2v) is 6.10. The van der Waals surface area contributed by atoms with E-state index in [4.69, 9.17) is 0 Å². The van der Waals surface area contributed by atoms with Crippen molar-refractivity contribution in [3.8, 4) is 0 Å². The highest BCUT2D eigenvalue weighted by Crippen LogP contribution is 2.18. The number of halogens is 1. The van der Waals surface area contributed by atoms with Crippen LogP contribution in [0.1, 0.15) is 20.8 Å². The van der Waals surface area contributed by atoms with Crippen molar-refractivity contribution in [1.82, 2.24) is 9.80 Å². The Hall–Kier alpha value is -2.77. The van der Waals surface area contributed by atoms with E-state index in [1.807, 2.05) is 13.8 Å². The lowest BCUT2D eigenvalue weighted by Crippen LogP contribution is -2.43. The molecule has 134 valence electrons. The number of carbonyl (C=O) groups is 4. The predicted molar refractivity (Wildman–Crippen MR) is 88.1 cm³/mol. The highest BCUT2D eigenvalue weighted by molar-refractivity contribution is 6.45. The van der Waals surface area contributed by atoms with Crippen LogP contribution >= 0.6 is 0 Å². The van der Waals surface area contributed by atoms with E-state index >= 15 is 0 Å². The summed E-state index contributed by atoms with van der Waals surface area (Å²) in [4.78, 5) is 51.6. The molecular weight excluding hydrogens is 329 g/mol. The van der Waals surface area contributed by atoms with E-state index in [2.05, 4.69) is 0 Å². The van der Waals surface area contributed by atoms with Crippen LogP contribution in [0.15, 0.2) is 24.3 Å². The number of benzene rings is 1. The van der Waals surface area contributed by atoms with Crippen LogP contribution in [0.4, 0.5) is 14.9 Å². The Morgan fingerprint density at radius 1 is 1.08 bits per heavy atom. The molecule has 1 aliphatic rings. The maximum atomic E-state index is 13.0. The second kappa shape index (κ2) is 7.42. The van der Waals surface area contributed by atoms with Gasteiger partial charge in [-0.25, -0.2) is 14.1 Å². The van der Waals surface area contributed by atoms with Gasteiger partial charge < -0.3 is 4.90 Å². The monoisotopic (exact) mass is 349 g/mol. The average molecular weight is 349 g/mol. The number of hydrogen-bond donors (Lipinski definition) is 0. The molecule has 0 bridgehead atoms. The van der Waals surface area contributed by atoms with Crippen molar-refractivity contribution in [2.45, 2.75) is 20.8 Å². The van der Waals surface area contributed by atoms with Gasteiger partial charge in [0, 0.05) is 18.8 Å². The van der Waals surface area contributed by atoms with Crippen LogP contribution in [-0.4, -0.2) is 53.2 Å². The minimum atomic E-state index is -1.01. The largest absolute Gasteiger partial charge is 0.334 e. The van der Waals surface area contributed by atoms with E-state index in [0.717, 1.165) is 4.90 Å². The molecule has 0 atom stereocenters. The summed E-state index contributed by atoms with van der Waals surface area (Å²) in [6.45, 7) is 5.18. The van der Waals surface area contributed by atoms with E-state index in [1.54, 1.807) is 6.92 Å². The third kappa shape index (κ3) is 3.84. The summed E-state index contributed by atoms with van der Waals surface area (Å²) in [6, 6.07) is 4.50. The van der Waals surface area contributed by atoms with Crippen molar-refractivity contribution in [2.75, 3.05) is 24.5 Å². The maximum absolute atomic E-state index is 13.0. The smallest absolute Gasteiger partial charge is 0.311 e. The van der Waals surface area contributed by atoms with Gasteiger partial charge in [-0.05, 0) is 37.1 Å². The van der Waals surface area contributed by atoms with Crippen molar-refractivity contribution in [3.63, 3.8) is 0 Å². The molecule has 0 spiro atoms. The van der Waals surface area contributed by atoms with Gasteiger partial charge in [0.2, 0.25) is 5.91 Å². The quantitative estimate of drug-likeness (QED) is 0.578. The number of carbonyl (C=O) groups excluding carboxylic acids is 4. The van der Waals surface area contributed by atoms with E-state index in [1.165, 1.54) is 29.2 Å². The average Bonchev–Trinajstić information content (AvgIpc) is 2.75. The summed E-state index contributed by atoms with van der Waals surface area (Å²) in [5.74, 6) is -2.89. The fourth-order valence-electron chi connectivity index (χ4n) is 2.56. The molecule has 0 aromatic heterocycles. The molecule has 1 aromatic carbocycles. The number of nitrogens with zero attached hydrogens (tertiary/aromatic N) is 3. The van der Waals surface area contributed by atoms with E-state index in [-0.39, 0.29) is 19.0 Å². The first-order chi connectivity index (χ1) is 11.8. The molecule has 7 nitrogen and oxygen atoms in total. The van der Waals surface area contributed by atoms with Crippen molar-refractivity contribution >= 4 is 29.4 Å². The van der Waals surface area contributed by atoms with Gasteiger partial charge in [0.05, 0.1) is 0 Å². The molecule has 5 amide bonds. The molecule has 0 unspecified atom stereocenters. The summed E-state index contributed by atoms with van der Waals surface area (Å²) < 4.78 is 13.0. The van der Waals surface area contributed by atoms with Crippen LogP contribution in [0.25, 0.3) is 0 Å². The zero-order chi connectivity index (χ0) is 18.7. The van der Waals surface area contributed by atoms with Crippen LogP contribution in [0.3, 0.4) is 0 Å². The first-order valence-corrected chi connectivity index (χ1v) is 7.99. The van der Waals surface area contributed by atoms with Crippen molar-refractivity contribution in [2.24, 2.45) is 5.92 Å². The standard InChI is InChI=1S/C17H20FN3O4/c1-4-19(13-7-5-12(18)6-8-13)14(22)10-21-16(24)15(23)20(17(21)25)9-11(2)3/h5-8,11H,4,9-10H2,1-3H3. The second-order valence-electron chi connectivity index (χ2n) is 6.10. The molecule has 1 heterocycles. The van der Waals surface area contributed by atoms with Crippen molar-refractivity contribution in [3.05, 3.63) is 30.1 Å². The normalized spacial score (nSPS) is 14.7. The molecule has 2 rings (SSSR count). The topological polar surface area (TPSA) is 78.0 Å². The molecule has 25 heavy (non-hydrogen) atoms. The number of hydrogen-bond acceptors (Lipinski definition) is 4. The molecule has 8 heteroatoms. The Morgan fingerprint density at radius 2 is 1.64 bits per heavy atom. The van der Waals surface area contributed by atoms with Gasteiger partial charge >= 0.3 is 17.8 Å². The first-order valence-electron chi connectivity index (χ1n) is 7.99. The summed E-state index contributed by atoms with van der Waals surface area (Å²) in [5, 5.41) is 0. The van der Waals surface area contributed by atoms with Gasteiger partial charge in [0.25, 0.3) is 0 Å². The number of anilines is 1. The Labute approximate surface area is 145 Å². The lowest BCUT2D eigenvalue weighted by molar-refractivity contribution is -0.144. The van der Waals surface area contributed by atoms with Crippen LogP contribution in [0.2, 0.25) is 0 Å². The highest BCUT2D eigenvalue weighted by Gasteiger charge is 2.45. The molecule has 0 saturated carbocycles. The number of amides is 5. The van der Waals surface area contributed by atoms with Gasteiger partial charge in [-0.15, -0.1) is 0 Å². The van der Waals surface area contributed by atoms with Crippen LogP contribution in [0, 0.1) is 11.7 Å². The van der Waals surface area contributed by atoms with Gasteiger partial charge in [-0.1, -0.05) is 13.8 Å².